The third kappa shape index (κ3) is 3.76. The number of anilines is 1. The molecule has 2 N–H and O–H groups in total. The average Bonchev–Trinajstić information content (AvgIpc) is 2.78. The predicted molar refractivity (Wildman–Crippen MR) is 88.3 cm³/mol. The lowest BCUT2D eigenvalue weighted by Gasteiger charge is -2.07. The van der Waals surface area contributed by atoms with Crippen LogP contribution in [0.2, 0.25) is 5.02 Å². The van der Waals surface area contributed by atoms with Crippen molar-refractivity contribution in [2.45, 2.75) is 11.1 Å². The third-order valence-corrected chi connectivity index (χ3v) is 6.90. The van der Waals surface area contributed by atoms with Gasteiger partial charge in [-0.15, -0.1) is 11.3 Å². The summed E-state index contributed by atoms with van der Waals surface area (Å²) < 4.78 is 27.6. The summed E-state index contributed by atoms with van der Waals surface area (Å²) in [4.78, 5) is 0. The maximum absolute atomic E-state index is 12.3. The first-order valence-electron chi connectivity index (χ1n) is 5.60. The zero-order valence-corrected chi connectivity index (χ0v) is 14.6. The fraction of sp³-hybridized carbons (Fsp3) is 0.0833. The normalized spacial score (nSPS) is 12.4. The second kappa shape index (κ2) is 6.35. The molecule has 0 bridgehead atoms. The molecule has 1 heterocycles. The smallest absolute Gasteiger partial charge is 0.271 e. The Bertz CT molecular complexity index is 783. The first-order chi connectivity index (χ1) is 9.83. The van der Waals surface area contributed by atoms with Gasteiger partial charge in [-0.2, -0.15) is 0 Å². The van der Waals surface area contributed by atoms with Gasteiger partial charge in [0.25, 0.3) is 10.0 Å². The lowest BCUT2D eigenvalue weighted by atomic mass is 10.1. The Hall–Kier alpha value is -1.09. The summed E-state index contributed by atoms with van der Waals surface area (Å²) in [5, 5.41) is 12.2. The molecule has 2 aromatic rings. The maximum atomic E-state index is 12.3. The Balaban J connectivity index is 2.33. The molecule has 0 spiro atoms. The zero-order chi connectivity index (χ0) is 15.6. The van der Waals surface area contributed by atoms with E-state index in [0.29, 0.717) is 25.8 Å². The van der Waals surface area contributed by atoms with Gasteiger partial charge in [0.1, 0.15) is 4.21 Å². The van der Waals surface area contributed by atoms with Crippen LogP contribution in [0.3, 0.4) is 0 Å². The van der Waals surface area contributed by atoms with Gasteiger partial charge in [-0.3, -0.25) is 4.72 Å². The molecule has 0 aliphatic carbocycles. The van der Waals surface area contributed by atoms with Gasteiger partial charge in [0.05, 0.1) is 14.5 Å². The number of halogens is 2. The van der Waals surface area contributed by atoms with Crippen molar-refractivity contribution >= 4 is 60.3 Å². The lowest BCUT2D eigenvalue weighted by molar-refractivity contribution is 0.319. The number of nitrogens with one attached hydrogen (secondary N) is 1. The van der Waals surface area contributed by atoms with Crippen molar-refractivity contribution < 1.29 is 13.6 Å². The highest BCUT2D eigenvalue weighted by molar-refractivity contribution is 9.11. The number of thiophene rings is 1. The van der Waals surface area contributed by atoms with Crippen molar-refractivity contribution in [2.75, 3.05) is 4.72 Å². The van der Waals surface area contributed by atoms with Crippen LogP contribution in [0, 0.1) is 0 Å². The molecule has 0 aliphatic rings. The van der Waals surface area contributed by atoms with Gasteiger partial charge in [-0.25, -0.2) is 8.42 Å². The lowest BCUT2D eigenvalue weighted by Crippen LogP contribution is -2.11. The Kier molecular flexibility index (Phi) is 4.92. The molecule has 1 aromatic carbocycles. The predicted octanol–water partition coefficient (Wildman–Crippen LogP) is 4.16. The highest BCUT2D eigenvalue weighted by atomic mass is 79.9. The van der Waals surface area contributed by atoms with Gasteiger partial charge >= 0.3 is 0 Å². The van der Waals surface area contributed by atoms with Crippen LogP contribution in [0.4, 0.5) is 5.69 Å². The van der Waals surface area contributed by atoms with Gasteiger partial charge in [0.2, 0.25) is 0 Å². The number of sulfonamides is 1. The first-order valence-corrected chi connectivity index (χ1v) is 9.07. The highest BCUT2D eigenvalue weighted by Crippen LogP contribution is 2.35. The fourth-order valence-electron chi connectivity index (χ4n) is 1.53. The monoisotopic (exact) mass is 408 g/mol. The van der Waals surface area contributed by atoms with Crippen LogP contribution in [-0.2, 0) is 10.0 Å². The molecule has 112 valence electrons. The Morgan fingerprint density at radius 1 is 1.43 bits per heavy atom. The topological polar surface area (TPSA) is 78.8 Å². The minimum atomic E-state index is -3.71. The Morgan fingerprint density at radius 3 is 2.71 bits per heavy atom. The summed E-state index contributed by atoms with van der Waals surface area (Å²) in [6.07, 6.45) is 0. The van der Waals surface area contributed by atoms with E-state index in [4.69, 9.17) is 16.8 Å². The average molecular weight is 410 g/mol. The van der Waals surface area contributed by atoms with E-state index in [1.807, 2.05) is 0 Å². The Labute approximate surface area is 139 Å². The van der Waals surface area contributed by atoms with Gasteiger partial charge in [-0.05, 0) is 41.1 Å². The van der Waals surface area contributed by atoms with E-state index < -0.39 is 10.0 Å². The van der Waals surface area contributed by atoms with Gasteiger partial charge in [0.15, 0.2) is 0 Å². The SMILES string of the molecule is C/C(=N/O)c1cccc(NS(=O)(=O)c2cc(Cl)c(Br)s2)c1. The molecule has 0 saturated carbocycles. The van der Waals surface area contributed by atoms with Crippen LogP contribution in [0.25, 0.3) is 0 Å². The van der Waals surface area contributed by atoms with Crippen molar-refractivity contribution in [1.82, 2.24) is 0 Å². The van der Waals surface area contributed by atoms with E-state index in [0.717, 1.165) is 11.3 Å². The molecule has 0 amide bonds. The van der Waals surface area contributed by atoms with Gasteiger partial charge in [-0.1, -0.05) is 28.9 Å². The second-order valence-corrected chi connectivity index (χ2v) is 8.75. The number of hydrogen-bond acceptors (Lipinski definition) is 5. The summed E-state index contributed by atoms with van der Waals surface area (Å²) in [5.74, 6) is 0. The van der Waals surface area contributed by atoms with Crippen molar-refractivity contribution in [3.8, 4) is 0 Å². The molecule has 5 nitrogen and oxygen atoms in total. The van der Waals surface area contributed by atoms with Crippen LogP contribution < -0.4 is 4.72 Å². The molecule has 2 rings (SSSR count). The maximum Gasteiger partial charge on any atom is 0.271 e. The van der Waals surface area contributed by atoms with Crippen LogP contribution >= 0.6 is 38.9 Å². The van der Waals surface area contributed by atoms with Crippen LogP contribution in [0.15, 0.2) is 43.5 Å². The minimum absolute atomic E-state index is 0.109. The summed E-state index contributed by atoms with van der Waals surface area (Å²) in [6, 6.07) is 7.94. The van der Waals surface area contributed by atoms with Crippen molar-refractivity contribution in [3.63, 3.8) is 0 Å². The zero-order valence-electron chi connectivity index (χ0n) is 10.7. The van der Waals surface area contributed by atoms with E-state index >= 15 is 0 Å². The van der Waals surface area contributed by atoms with E-state index in [1.54, 1.807) is 31.2 Å². The third-order valence-electron chi connectivity index (χ3n) is 2.57. The molecule has 9 heteroatoms. The van der Waals surface area contributed by atoms with Crippen LogP contribution in [0.5, 0.6) is 0 Å². The van der Waals surface area contributed by atoms with Gasteiger partial charge < -0.3 is 5.21 Å². The minimum Gasteiger partial charge on any atom is -0.411 e. The van der Waals surface area contributed by atoms with Gasteiger partial charge in [0, 0.05) is 11.3 Å². The second-order valence-electron chi connectivity index (χ2n) is 4.06. The molecule has 0 fully saturated rings. The molecule has 21 heavy (non-hydrogen) atoms. The summed E-state index contributed by atoms with van der Waals surface area (Å²) in [5.41, 5.74) is 1.37. The van der Waals surface area contributed by atoms with E-state index in [-0.39, 0.29) is 4.21 Å². The number of rotatable bonds is 4. The molecular formula is C12H10BrClN2O3S2. The molecule has 0 atom stereocenters. The molecule has 1 aromatic heterocycles. The standard InChI is InChI=1S/C12H10BrClN2O3S2/c1-7(15-17)8-3-2-4-9(5-8)16-21(18,19)11-6-10(14)12(13)20-11/h2-6,16-17H,1H3/b15-7-. The molecule has 0 unspecified atom stereocenters. The molecular weight excluding hydrogens is 400 g/mol. The summed E-state index contributed by atoms with van der Waals surface area (Å²) >= 11 is 10.1. The van der Waals surface area contributed by atoms with Crippen LogP contribution in [0.1, 0.15) is 12.5 Å². The molecule has 0 radical (unpaired) electrons. The number of oxime groups is 1. The quantitative estimate of drug-likeness (QED) is 0.452. The first kappa shape index (κ1) is 16.3. The number of benzene rings is 1. The number of nitrogens with zero attached hydrogens (tertiary/aromatic N) is 1. The van der Waals surface area contributed by atoms with Crippen LogP contribution in [-0.4, -0.2) is 19.3 Å². The fourth-order valence-corrected chi connectivity index (χ4v) is 4.98. The van der Waals surface area contributed by atoms with E-state index in [2.05, 4.69) is 25.8 Å². The van der Waals surface area contributed by atoms with Crippen molar-refractivity contribution in [3.05, 3.63) is 44.7 Å². The largest absolute Gasteiger partial charge is 0.411 e. The van der Waals surface area contributed by atoms with E-state index in [1.165, 1.54) is 6.07 Å². The summed E-state index contributed by atoms with van der Waals surface area (Å²) in [7, 11) is -3.71. The highest BCUT2D eigenvalue weighted by Gasteiger charge is 2.19. The van der Waals surface area contributed by atoms with Crippen molar-refractivity contribution in [2.24, 2.45) is 5.16 Å². The molecule has 0 aliphatic heterocycles. The molecule has 0 saturated heterocycles. The Morgan fingerprint density at radius 2 is 2.14 bits per heavy atom. The summed E-state index contributed by atoms with van der Waals surface area (Å²) in [6.45, 7) is 1.61. The van der Waals surface area contributed by atoms with Crippen molar-refractivity contribution in [1.29, 1.82) is 0 Å². The number of hydrogen-bond donors (Lipinski definition) is 2. The van der Waals surface area contributed by atoms with E-state index in [9.17, 15) is 8.42 Å².